The summed E-state index contributed by atoms with van der Waals surface area (Å²) in [5.41, 5.74) is 1.42. The standard InChI is InChI=1S/C13H17ClN2O3S/c1-8-3-4-9(7-10(8)14)15-13(19)16-11(12(17)18)5-6-20-2/h3-4,7,11H,5-6H2,1-2H3,(H,17,18)(H2,15,16,19). The number of nitrogens with one attached hydrogen (secondary N) is 2. The molecule has 0 aliphatic heterocycles. The Bertz CT molecular complexity index is 497. The molecule has 3 N–H and O–H groups in total. The predicted molar refractivity (Wildman–Crippen MR) is 82.8 cm³/mol. The Labute approximate surface area is 127 Å². The maximum atomic E-state index is 11.8. The molecule has 1 unspecified atom stereocenters. The highest BCUT2D eigenvalue weighted by atomic mass is 35.5. The van der Waals surface area contributed by atoms with Crippen LogP contribution in [0.5, 0.6) is 0 Å². The number of urea groups is 1. The zero-order valence-corrected chi connectivity index (χ0v) is 12.8. The molecule has 0 aliphatic rings. The van der Waals surface area contributed by atoms with Gasteiger partial charge < -0.3 is 15.7 Å². The van der Waals surface area contributed by atoms with E-state index in [4.69, 9.17) is 16.7 Å². The molecule has 0 radical (unpaired) electrons. The van der Waals surface area contributed by atoms with Gasteiger partial charge in [0.2, 0.25) is 0 Å². The lowest BCUT2D eigenvalue weighted by Gasteiger charge is -2.15. The number of anilines is 1. The number of benzene rings is 1. The van der Waals surface area contributed by atoms with E-state index in [9.17, 15) is 9.59 Å². The summed E-state index contributed by atoms with van der Waals surface area (Å²) in [7, 11) is 0. The quantitative estimate of drug-likeness (QED) is 0.754. The van der Waals surface area contributed by atoms with Crippen LogP contribution >= 0.6 is 23.4 Å². The van der Waals surface area contributed by atoms with Gasteiger partial charge in [-0.05, 0) is 43.0 Å². The van der Waals surface area contributed by atoms with Gasteiger partial charge in [0, 0.05) is 10.7 Å². The number of thioether (sulfide) groups is 1. The van der Waals surface area contributed by atoms with Crippen molar-refractivity contribution < 1.29 is 14.7 Å². The molecule has 0 bridgehead atoms. The first-order chi connectivity index (χ1) is 9.43. The average Bonchev–Trinajstić information content (AvgIpc) is 2.38. The fourth-order valence-electron chi connectivity index (χ4n) is 1.49. The molecular formula is C13H17ClN2O3S. The molecule has 0 heterocycles. The summed E-state index contributed by atoms with van der Waals surface area (Å²) in [4.78, 5) is 22.8. The first kappa shape index (κ1) is 16.7. The molecule has 0 aromatic heterocycles. The summed E-state index contributed by atoms with van der Waals surface area (Å²) in [6, 6.07) is 3.65. The number of aliphatic carboxylic acids is 1. The zero-order chi connectivity index (χ0) is 15.1. The van der Waals surface area contributed by atoms with Crippen LogP contribution in [0, 0.1) is 6.92 Å². The Balaban J connectivity index is 2.60. The van der Waals surface area contributed by atoms with Crippen molar-refractivity contribution in [2.45, 2.75) is 19.4 Å². The van der Waals surface area contributed by atoms with Gasteiger partial charge in [-0.1, -0.05) is 17.7 Å². The largest absolute Gasteiger partial charge is 0.480 e. The van der Waals surface area contributed by atoms with E-state index in [1.54, 1.807) is 18.2 Å². The van der Waals surface area contributed by atoms with Crippen molar-refractivity contribution in [3.8, 4) is 0 Å². The van der Waals surface area contributed by atoms with Gasteiger partial charge in [0.25, 0.3) is 0 Å². The Morgan fingerprint density at radius 3 is 2.70 bits per heavy atom. The van der Waals surface area contributed by atoms with E-state index < -0.39 is 18.0 Å². The van der Waals surface area contributed by atoms with Crippen LogP contribution < -0.4 is 10.6 Å². The number of rotatable bonds is 6. The maximum Gasteiger partial charge on any atom is 0.326 e. The normalized spacial score (nSPS) is 11.8. The zero-order valence-electron chi connectivity index (χ0n) is 11.3. The van der Waals surface area contributed by atoms with Gasteiger partial charge in [-0.15, -0.1) is 0 Å². The summed E-state index contributed by atoms with van der Waals surface area (Å²) in [5, 5.41) is 14.6. The number of hydrogen-bond acceptors (Lipinski definition) is 3. The maximum absolute atomic E-state index is 11.8. The van der Waals surface area contributed by atoms with Gasteiger partial charge in [0.05, 0.1) is 0 Å². The molecule has 0 fully saturated rings. The van der Waals surface area contributed by atoms with Crippen molar-refractivity contribution in [3.05, 3.63) is 28.8 Å². The van der Waals surface area contributed by atoms with E-state index in [-0.39, 0.29) is 0 Å². The van der Waals surface area contributed by atoms with Crippen molar-refractivity contribution in [3.63, 3.8) is 0 Å². The van der Waals surface area contributed by atoms with Gasteiger partial charge in [-0.3, -0.25) is 0 Å². The number of amides is 2. The van der Waals surface area contributed by atoms with Crippen molar-refractivity contribution in [1.82, 2.24) is 5.32 Å². The molecule has 110 valence electrons. The van der Waals surface area contributed by atoms with Crippen LogP contribution in [0.15, 0.2) is 18.2 Å². The van der Waals surface area contributed by atoms with Crippen LogP contribution in [0.1, 0.15) is 12.0 Å². The van der Waals surface area contributed by atoms with Crippen LogP contribution in [0.3, 0.4) is 0 Å². The minimum atomic E-state index is -1.05. The Morgan fingerprint density at radius 2 is 2.15 bits per heavy atom. The lowest BCUT2D eigenvalue weighted by Crippen LogP contribution is -2.43. The van der Waals surface area contributed by atoms with Crippen LogP contribution in [-0.4, -0.2) is 35.2 Å². The van der Waals surface area contributed by atoms with E-state index in [0.717, 1.165) is 5.56 Å². The molecular weight excluding hydrogens is 300 g/mol. The Morgan fingerprint density at radius 1 is 1.45 bits per heavy atom. The first-order valence-electron chi connectivity index (χ1n) is 5.99. The number of carboxylic acids is 1. The minimum absolute atomic E-state index is 0.374. The SMILES string of the molecule is CSCCC(NC(=O)Nc1ccc(C)c(Cl)c1)C(=O)O. The van der Waals surface area contributed by atoms with E-state index in [1.807, 2.05) is 13.2 Å². The first-order valence-corrected chi connectivity index (χ1v) is 7.76. The molecule has 2 amide bonds. The second-order valence-corrected chi connectivity index (χ2v) is 5.63. The fraction of sp³-hybridized carbons (Fsp3) is 0.385. The summed E-state index contributed by atoms with van der Waals surface area (Å²) >= 11 is 7.48. The molecule has 1 aromatic rings. The van der Waals surface area contributed by atoms with Crippen LogP contribution in [-0.2, 0) is 4.79 Å². The topological polar surface area (TPSA) is 78.4 Å². The Hall–Kier alpha value is -1.40. The second kappa shape index (κ2) is 8.01. The third-order valence-electron chi connectivity index (χ3n) is 2.64. The van der Waals surface area contributed by atoms with Crippen molar-refractivity contribution in [1.29, 1.82) is 0 Å². The third-order valence-corrected chi connectivity index (χ3v) is 3.69. The molecule has 0 aliphatic carbocycles. The van der Waals surface area contributed by atoms with E-state index in [2.05, 4.69) is 10.6 Å². The molecule has 1 aromatic carbocycles. The fourth-order valence-corrected chi connectivity index (χ4v) is 2.14. The van der Waals surface area contributed by atoms with Crippen molar-refractivity contribution in [2.75, 3.05) is 17.3 Å². The van der Waals surface area contributed by atoms with Crippen molar-refractivity contribution in [2.24, 2.45) is 0 Å². The summed E-state index contributed by atoms with van der Waals surface area (Å²) < 4.78 is 0. The van der Waals surface area contributed by atoms with Crippen LogP contribution in [0.25, 0.3) is 0 Å². The van der Waals surface area contributed by atoms with E-state index >= 15 is 0 Å². The lowest BCUT2D eigenvalue weighted by molar-refractivity contribution is -0.139. The molecule has 0 spiro atoms. The van der Waals surface area contributed by atoms with Crippen LogP contribution in [0.2, 0.25) is 5.02 Å². The molecule has 20 heavy (non-hydrogen) atoms. The predicted octanol–water partition coefficient (Wildman–Crippen LogP) is 2.98. The minimum Gasteiger partial charge on any atom is -0.480 e. The number of aryl methyl sites for hydroxylation is 1. The number of carbonyl (C=O) groups is 2. The van der Waals surface area contributed by atoms with Gasteiger partial charge in [0.1, 0.15) is 6.04 Å². The second-order valence-electron chi connectivity index (χ2n) is 4.23. The van der Waals surface area contributed by atoms with Gasteiger partial charge >= 0.3 is 12.0 Å². The monoisotopic (exact) mass is 316 g/mol. The number of carbonyl (C=O) groups excluding carboxylic acids is 1. The van der Waals surface area contributed by atoms with E-state index in [0.29, 0.717) is 22.9 Å². The Kier molecular flexibility index (Phi) is 6.67. The van der Waals surface area contributed by atoms with Gasteiger partial charge in [-0.2, -0.15) is 11.8 Å². The highest BCUT2D eigenvalue weighted by molar-refractivity contribution is 7.98. The van der Waals surface area contributed by atoms with Crippen molar-refractivity contribution >= 4 is 41.1 Å². The molecule has 7 heteroatoms. The summed E-state index contributed by atoms with van der Waals surface area (Å²) in [5.74, 6) is -0.385. The summed E-state index contributed by atoms with van der Waals surface area (Å²) in [6.07, 6.45) is 2.26. The average molecular weight is 317 g/mol. The third kappa shape index (κ3) is 5.30. The molecule has 1 atom stereocenters. The number of carboxylic acid groups (broad SMARTS) is 1. The van der Waals surface area contributed by atoms with Crippen LogP contribution in [0.4, 0.5) is 10.5 Å². The number of hydrogen-bond donors (Lipinski definition) is 3. The molecule has 0 saturated carbocycles. The van der Waals surface area contributed by atoms with E-state index in [1.165, 1.54) is 11.8 Å². The molecule has 1 rings (SSSR count). The lowest BCUT2D eigenvalue weighted by atomic mass is 10.2. The number of halogens is 1. The summed E-state index contributed by atoms with van der Waals surface area (Å²) in [6.45, 7) is 1.86. The van der Waals surface area contributed by atoms with Gasteiger partial charge in [0.15, 0.2) is 0 Å². The highest BCUT2D eigenvalue weighted by Crippen LogP contribution is 2.19. The molecule has 5 nitrogen and oxygen atoms in total. The van der Waals surface area contributed by atoms with Gasteiger partial charge in [-0.25, -0.2) is 9.59 Å². The molecule has 0 saturated heterocycles. The highest BCUT2D eigenvalue weighted by Gasteiger charge is 2.19. The smallest absolute Gasteiger partial charge is 0.326 e.